The number of hydrogen-bond acceptors (Lipinski definition) is 5. The average Bonchev–Trinajstić information content (AvgIpc) is 3.03. The van der Waals surface area contributed by atoms with Crippen LogP contribution in [0.2, 0.25) is 0 Å². The molecule has 2 aromatic carbocycles. The molecule has 0 spiro atoms. The summed E-state index contributed by atoms with van der Waals surface area (Å²) in [6, 6.07) is 11.8. The van der Waals surface area contributed by atoms with E-state index in [1.165, 1.54) is 23.9 Å². The molecule has 1 fully saturated rings. The van der Waals surface area contributed by atoms with E-state index in [0.29, 0.717) is 17.5 Å². The maximum absolute atomic E-state index is 13.2. The van der Waals surface area contributed by atoms with Crippen molar-refractivity contribution in [2.75, 3.05) is 7.11 Å². The summed E-state index contributed by atoms with van der Waals surface area (Å²) in [7, 11) is 1.60. The normalized spacial score (nSPS) is 18.0. The van der Waals surface area contributed by atoms with Crippen molar-refractivity contribution in [2.45, 2.75) is 38.0 Å². The van der Waals surface area contributed by atoms with Crippen molar-refractivity contribution >= 4 is 45.0 Å². The van der Waals surface area contributed by atoms with Gasteiger partial charge in [-0.15, -0.1) is 5.10 Å². The van der Waals surface area contributed by atoms with Crippen LogP contribution in [0.1, 0.15) is 37.3 Å². The molecule has 0 saturated carbocycles. The lowest BCUT2D eigenvalue weighted by Gasteiger charge is -2.16. The molecule has 1 amide bonds. The third-order valence-corrected chi connectivity index (χ3v) is 6.35. The highest BCUT2D eigenvalue weighted by atomic mass is 79.9. The van der Waals surface area contributed by atoms with Crippen molar-refractivity contribution in [1.29, 1.82) is 0 Å². The molecular weight excluding hydrogens is 469 g/mol. The standard InChI is InChI=1S/C22H23BrFN3O2S/c1-3-4-5-20-21(28)27(14-15-6-9-18(24)10-7-15)22(30-20)26-25-13-16-12-17(23)8-11-19(16)29-2/h6-13,20H,3-5,14H2,1-2H3/b25-13-,26-22-/t20-/m1/s1. The summed E-state index contributed by atoms with van der Waals surface area (Å²) in [6.07, 6.45) is 4.40. The zero-order chi connectivity index (χ0) is 21.5. The Bertz CT molecular complexity index is 950. The Hall–Kier alpha value is -2.19. The smallest absolute Gasteiger partial charge is 0.242 e. The zero-order valence-corrected chi connectivity index (χ0v) is 19.2. The number of carbonyl (C=O) groups excluding carboxylic acids is 1. The molecule has 2 aromatic rings. The van der Waals surface area contributed by atoms with Gasteiger partial charge < -0.3 is 4.74 Å². The van der Waals surface area contributed by atoms with E-state index in [4.69, 9.17) is 4.74 Å². The van der Waals surface area contributed by atoms with E-state index in [-0.39, 0.29) is 17.0 Å². The first-order chi connectivity index (χ1) is 14.5. The maximum atomic E-state index is 13.2. The lowest BCUT2D eigenvalue weighted by Crippen LogP contribution is -2.31. The van der Waals surface area contributed by atoms with Crippen LogP contribution in [0, 0.1) is 5.82 Å². The largest absolute Gasteiger partial charge is 0.496 e. The quantitative estimate of drug-likeness (QED) is 0.355. The van der Waals surface area contributed by atoms with Gasteiger partial charge in [-0.1, -0.05) is 59.6 Å². The molecular formula is C22H23BrFN3O2S. The Labute approximate surface area is 188 Å². The number of halogens is 2. The van der Waals surface area contributed by atoms with Crippen LogP contribution in [0.25, 0.3) is 0 Å². The summed E-state index contributed by atoms with van der Waals surface area (Å²) in [5.74, 6) is 0.399. The number of ether oxygens (including phenoxy) is 1. The molecule has 0 radical (unpaired) electrons. The molecule has 3 rings (SSSR count). The van der Waals surface area contributed by atoms with Crippen LogP contribution in [0.4, 0.5) is 4.39 Å². The molecule has 30 heavy (non-hydrogen) atoms. The van der Waals surface area contributed by atoms with Gasteiger partial charge in [-0.25, -0.2) is 4.39 Å². The first-order valence-corrected chi connectivity index (χ1v) is 11.4. The first kappa shape index (κ1) is 22.5. The highest BCUT2D eigenvalue weighted by molar-refractivity contribution is 9.10. The van der Waals surface area contributed by atoms with E-state index >= 15 is 0 Å². The summed E-state index contributed by atoms with van der Waals surface area (Å²) in [5, 5.41) is 8.94. The van der Waals surface area contributed by atoms with Crippen molar-refractivity contribution < 1.29 is 13.9 Å². The van der Waals surface area contributed by atoms with Crippen LogP contribution in [-0.4, -0.2) is 34.5 Å². The van der Waals surface area contributed by atoms with Gasteiger partial charge in [0.05, 0.1) is 25.1 Å². The molecule has 0 aliphatic carbocycles. The van der Waals surface area contributed by atoms with Crippen molar-refractivity contribution in [3.05, 3.63) is 63.9 Å². The summed E-state index contributed by atoms with van der Waals surface area (Å²) >= 11 is 4.87. The molecule has 1 atom stereocenters. The lowest BCUT2D eigenvalue weighted by atomic mass is 10.1. The highest BCUT2D eigenvalue weighted by Crippen LogP contribution is 2.32. The first-order valence-electron chi connectivity index (χ1n) is 9.69. The number of unbranched alkanes of at least 4 members (excludes halogenated alkanes) is 1. The van der Waals surface area contributed by atoms with Gasteiger partial charge in [-0.3, -0.25) is 9.69 Å². The van der Waals surface area contributed by atoms with Crippen molar-refractivity contribution in [1.82, 2.24) is 4.90 Å². The number of thioether (sulfide) groups is 1. The molecule has 0 N–H and O–H groups in total. The Balaban J connectivity index is 1.83. The number of carbonyl (C=O) groups is 1. The number of benzene rings is 2. The van der Waals surface area contributed by atoms with Gasteiger partial charge in [-0.2, -0.15) is 5.10 Å². The van der Waals surface area contributed by atoms with Crippen molar-refractivity contribution in [3.63, 3.8) is 0 Å². The fourth-order valence-corrected chi connectivity index (χ4v) is 4.55. The number of rotatable bonds is 8. The van der Waals surface area contributed by atoms with Crippen LogP contribution in [0.5, 0.6) is 5.75 Å². The average molecular weight is 492 g/mol. The van der Waals surface area contributed by atoms with E-state index < -0.39 is 0 Å². The lowest BCUT2D eigenvalue weighted by molar-refractivity contribution is -0.126. The number of nitrogens with zero attached hydrogens (tertiary/aromatic N) is 3. The molecule has 8 heteroatoms. The van der Waals surface area contributed by atoms with Gasteiger partial charge in [0.2, 0.25) is 5.91 Å². The Morgan fingerprint density at radius 3 is 2.73 bits per heavy atom. The molecule has 158 valence electrons. The SMILES string of the molecule is CCCC[C@H]1S/C(=N\N=C/c2cc(Br)ccc2OC)N(Cc2ccc(F)cc2)C1=O. The summed E-state index contributed by atoms with van der Waals surface area (Å²) in [4.78, 5) is 14.6. The van der Waals surface area contributed by atoms with Gasteiger partial charge in [0.25, 0.3) is 0 Å². The minimum absolute atomic E-state index is 0.0201. The molecule has 1 heterocycles. The van der Waals surface area contributed by atoms with Gasteiger partial charge in [0.1, 0.15) is 11.6 Å². The summed E-state index contributed by atoms with van der Waals surface area (Å²) in [5.41, 5.74) is 1.62. The molecule has 0 aromatic heterocycles. The number of hydrogen-bond donors (Lipinski definition) is 0. The highest BCUT2D eigenvalue weighted by Gasteiger charge is 2.37. The van der Waals surface area contributed by atoms with Crippen LogP contribution in [-0.2, 0) is 11.3 Å². The monoisotopic (exact) mass is 491 g/mol. The predicted molar refractivity (Wildman–Crippen MR) is 124 cm³/mol. The predicted octanol–water partition coefficient (Wildman–Crippen LogP) is 5.62. The van der Waals surface area contributed by atoms with Crippen LogP contribution < -0.4 is 4.74 Å². The van der Waals surface area contributed by atoms with Crippen molar-refractivity contribution in [2.24, 2.45) is 10.2 Å². The van der Waals surface area contributed by atoms with Crippen molar-refractivity contribution in [3.8, 4) is 5.75 Å². The second-order valence-electron chi connectivity index (χ2n) is 6.81. The van der Waals surface area contributed by atoms with Gasteiger partial charge >= 0.3 is 0 Å². The third-order valence-electron chi connectivity index (χ3n) is 4.63. The van der Waals surface area contributed by atoms with E-state index in [2.05, 4.69) is 33.1 Å². The van der Waals surface area contributed by atoms with Crippen LogP contribution in [0.3, 0.4) is 0 Å². The molecule has 1 saturated heterocycles. The fraction of sp³-hybridized carbons (Fsp3) is 0.318. The third kappa shape index (κ3) is 5.70. The number of amides is 1. The zero-order valence-electron chi connectivity index (χ0n) is 16.8. The van der Waals surface area contributed by atoms with E-state index in [0.717, 1.165) is 34.9 Å². The van der Waals surface area contributed by atoms with Crippen LogP contribution in [0.15, 0.2) is 57.1 Å². The maximum Gasteiger partial charge on any atom is 0.242 e. The number of methoxy groups -OCH3 is 1. The molecule has 0 unspecified atom stereocenters. The second-order valence-corrected chi connectivity index (χ2v) is 8.90. The van der Waals surface area contributed by atoms with E-state index in [1.54, 1.807) is 30.4 Å². The molecule has 0 bridgehead atoms. The van der Waals surface area contributed by atoms with E-state index in [1.807, 2.05) is 18.2 Å². The Morgan fingerprint density at radius 1 is 1.27 bits per heavy atom. The van der Waals surface area contributed by atoms with Gasteiger partial charge in [0, 0.05) is 10.0 Å². The van der Waals surface area contributed by atoms with Gasteiger partial charge in [0.15, 0.2) is 5.17 Å². The minimum atomic E-state index is -0.303. The molecule has 1 aliphatic heterocycles. The molecule has 1 aliphatic rings. The van der Waals surface area contributed by atoms with E-state index in [9.17, 15) is 9.18 Å². The Kier molecular flexibility index (Phi) is 8.04. The Morgan fingerprint density at radius 2 is 2.03 bits per heavy atom. The molecule has 5 nitrogen and oxygen atoms in total. The van der Waals surface area contributed by atoms with Gasteiger partial charge in [-0.05, 0) is 42.3 Å². The number of amidine groups is 1. The summed E-state index contributed by atoms with van der Waals surface area (Å²) < 4.78 is 19.5. The fourth-order valence-electron chi connectivity index (χ4n) is 3.02. The van der Waals surface area contributed by atoms with Crippen LogP contribution >= 0.6 is 27.7 Å². The summed E-state index contributed by atoms with van der Waals surface area (Å²) in [6.45, 7) is 2.44. The minimum Gasteiger partial charge on any atom is -0.496 e. The second kappa shape index (κ2) is 10.7. The topological polar surface area (TPSA) is 54.3 Å².